The monoisotopic (exact) mass is 331 g/mol. The first-order valence-electron chi connectivity index (χ1n) is 6.11. The van der Waals surface area contributed by atoms with Crippen molar-refractivity contribution in [1.82, 2.24) is 4.98 Å². The van der Waals surface area contributed by atoms with E-state index in [4.69, 9.17) is 5.73 Å². The smallest absolute Gasteiger partial charge is 0.176 e. The van der Waals surface area contributed by atoms with Crippen molar-refractivity contribution in [2.24, 2.45) is 10.7 Å². The number of carbonyl (C=O) groups is 1. The molecule has 1 unspecified atom stereocenters. The van der Waals surface area contributed by atoms with Gasteiger partial charge in [0, 0.05) is 18.2 Å². The van der Waals surface area contributed by atoms with Crippen LogP contribution in [0.1, 0.15) is 16.8 Å². The van der Waals surface area contributed by atoms with Gasteiger partial charge in [-0.05, 0) is 11.6 Å². The Hall–Kier alpha value is -1.85. The second kappa shape index (κ2) is 6.07. The van der Waals surface area contributed by atoms with Crippen LogP contribution < -0.4 is 5.73 Å². The number of hydrogen-bond acceptors (Lipinski definition) is 4. The normalized spacial score (nSPS) is 17.6. The van der Waals surface area contributed by atoms with Gasteiger partial charge in [0.2, 0.25) is 0 Å². The summed E-state index contributed by atoms with van der Waals surface area (Å²) in [7, 11) is 0. The number of rotatable bonds is 1. The molecule has 2 aromatic rings. The summed E-state index contributed by atoms with van der Waals surface area (Å²) < 4.78 is 0. The van der Waals surface area contributed by atoms with Gasteiger partial charge in [-0.1, -0.05) is 36.4 Å². The van der Waals surface area contributed by atoms with Gasteiger partial charge in [-0.3, -0.25) is 14.8 Å². The van der Waals surface area contributed by atoms with Gasteiger partial charge in [-0.2, -0.15) is 0 Å². The number of nitrogens with two attached hydrogens (primary N) is 1. The number of fused-ring (bicyclic) bond motifs is 1. The van der Waals surface area contributed by atoms with E-state index < -0.39 is 6.17 Å². The van der Waals surface area contributed by atoms with E-state index in [9.17, 15) is 4.79 Å². The Morgan fingerprint density at radius 3 is 2.60 bits per heavy atom. The summed E-state index contributed by atoms with van der Waals surface area (Å²) in [6.45, 7) is 0. The number of aliphatic imine (C=N–C) groups is 1. The van der Waals surface area contributed by atoms with E-state index in [2.05, 4.69) is 9.98 Å². The van der Waals surface area contributed by atoms with E-state index in [1.54, 1.807) is 6.20 Å². The van der Waals surface area contributed by atoms with E-state index in [0.29, 0.717) is 5.71 Å². The van der Waals surface area contributed by atoms with Crippen LogP contribution in [0.3, 0.4) is 0 Å². The molecule has 1 aromatic carbocycles. The maximum absolute atomic E-state index is 11.9. The van der Waals surface area contributed by atoms with Gasteiger partial charge in [0.15, 0.2) is 11.9 Å². The lowest BCUT2D eigenvalue weighted by Gasteiger charge is -2.07. The summed E-state index contributed by atoms with van der Waals surface area (Å²) in [6.07, 6.45) is 1.17. The van der Waals surface area contributed by atoms with Crippen molar-refractivity contribution in [1.29, 1.82) is 0 Å². The fraction of sp³-hybridized carbons (Fsp3) is 0.133. The molecule has 1 atom stereocenters. The number of pyridine rings is 1. The van der Waals surface area contributed by atoms with Gasteiger partial charge in [0.05, 0.1) is 11.4 Å². The molecule has 0 amide bonds. The topological polar surface area (TPSA) is 68.3 Å². The number of aromatic nitrogens is 1. The van der Waals surface area contributed by atoms with Crippen LogP contribution in [0.4, 0.5) is 0 Å². The number of Topliss-reactive ketones (excluding diaryl/α,β-unsaturated/α-hetero) is 1. The largest absolute Gasteiger partial charge is 0.303 e. The molecule has 1 aromatic heterocycles. The average molecular weight is 332 g/mol. The molecule has 102 valence electrons. The first-order chi connectivity index (χ1) is 9.25. The van der Waals surface area contributed by atoms with Crippen LogP contribution >= 0.6 is 17.0 Å². The highest BCUT2D eigenvalue weighted by molar-refractivity contribution is 8.93. The zero-order chi connectivity index (χ0) is 13.2. The van der Waals surface area contributed by atoms with Crippen LogP contribution in [-0.2, 0) is 11.2 Å². The molecule has 0 fully saturated rings. The van der Waals surface area contributed by atoms with E-state index in [-0.39, 0.29) is 29.2 Å². The zero-order valence-electron chi connectivity index (χ0n) is 10.7. The number of benzene rings is 1. The number of ketones is 1. The number of carbonyl (C=O) groups excluding carboxylic acids is 1. The molecule has 2 N–H and O–H groups in total. The molecule has 0 saturated carbocycles. The van der Waals surface area contributed by atoms with Crippen molar-refractivity contribution < 1.29 is 4.79 Å². The Kier molecular flexibility index (Phi) is 4.42. The van der Waals surface area contributed by atoms with Crippen LogP contribution in [0.25, 0.3) is 0 Å². The van der Waals surface area contributed by atoms with Crippen LogP contribution in [0.15, 0.2) is 53.7 Å². The van der Waals surface area contributed by atoms with E-state index in [1.165, 1.54) is 0 Å². The van der Waals surface area contributed by atoms with Gasteiger partial charge < -0.3 is 5.73 Å². The van der Waals surface area contributed by atoms with E-state index in [0.717, 1.165) is 16.8 Å². The highest BCUT2D eigenvalue weighted by Gasteiger charge is 2.23. The predicted molar refractivity (Wildman–Crippen MR) is 83.3 cm³/mol. The second-order valence-corrected chi connectivity index (χ2v) is 4.44. The molecule has 1 aliphatic heterocycles. The quantitative estimate of drug-likeness (QED) is 0.867. The molecule has 0 saturated heterocycles. The second-order valence-electron chi connectivity index (χ2n) is 4.44. The van der Waals surface area contributed by atoms with Crippen LogP contribution in [0, 0.1) is 0 Å². The number of halogens is 1. The molecule has 0 aliphatic carbocycles. The van der Waals surface area contributed by atoms with Gasteiger partial charge in [-0.15, -0.1) is 17.0 Å². The summed E-state index contributed by atoms with van der Waals surface area (Å²) in [5.74, 6) is -0.0832. The molecule has 3 rings (SSSR count). The fourth-order valence-electron chi connectivity index (χ4n) is 2.17. The highest BCUT2D eigenvalue weighted by Crippen LogP contribution is 2.18. The van der Waals surface area contributed by atoms with Gasteiger partial charge in [0.1, 0.15) is 0 Å². The minimum atomic E-state index is -0.815. The van der Waals surface area contributed by atoms with Crippen molar-refractivity contribution in [2.45, 2.75) is 12.6 Å². The Morgan fingerprint density at radius 1 is 1.10 bits per heavy atom. The average Bonchev–Trinajstić information content (AvgIpc) is 2.58. The predicted octanol–water partition coefficient (Wildman–Crippen LogP) is 1.91. The Bertz CT molecular complexity index is 655. The molecule has 5 heteroatoms. The SMILES string of the molecule is Br.NC1N=C(c2ccccc2)c2ncccc2CC1=O. The van der Waals surface area contributed by atoms with Crippen molar-refractivity contribution in [2.75, 3.05) is 0 Å². The van der Waals surface area contributed by atoms with Crippen molar-refractivity contribution in [3.05, 3.63) is 65.5 Å². The Labute approximate surface area is 127 Å². The summed E-state index contributed by atoms with van der Waals surface area (Å²) in [6, 6.07) is 13.4. The Morgan fingerprint density at radius 2 is 1.85 bits per heavy atom. The molecule has 0 spiro atoms. The maximum atomic E-state index is 11.9. The van der Waals surface area contributed by atoms with Crippen LogP contribution in [-0.4, -0.2) is 22.6 Å². The molecule has 0 radical (unpaired) electrons. The third kappa shape index (κ3) is 2.69. The minimum Gasteiger partial charge on any atom is -0.303 e. The third-order valence-corrected chi connectivity index (χ3v) is 3.13. The minimum absolute atomic E-state index is 0. The summed E-state index contributed by atoms with van der Waals surface area (Å²) in [4.78, 5) is 20.6. The Balaban J connectivity index is 0.00000147. The molecule has 2 heterocycles. The zero-order valence-corrected chi connectivity index (χ0v) is 12.4. The van der Waals surface area contributed by atoms with Crippen molar-refractivity contribution >= 4 is 28.5 Å². The van der Waals surface area contributed by atoms with Crippen molar-refractivity contribution in [3.63, 3.8) is 0 Å². The van der Waals surface area contributed by atoms with Crippen molar-refractivity contribution in [3.8, 4) is 0 Å². The molecule has 4 nitrogen and oxygen atoms in total. The lowest BCUT2D eigenvalue weighted by Crippen LogP contribution is -2.29. The highest BCUT2D eigenvalue weighted by atomic mass is 79.9. The summed E-state index contributed by atoms with van der Waals surface area (Å²) in [5, 5.41) is 0. The fourth-order valence-corrected chi connectivity index (χ4v) is 2.17. The number of nitrogens with zero attached hydrogens (tertiary/aromatic N) is 2. The van der Waals surface area contributed by atoms with Gasteiger partial charge in [-0.25, -0.2) is 0 Å². The standard InChI is InChI=1S/C15H13N3O.BrH/c16-15-12(19)9-11-7-4-8-17-13(11)14(18-15)10-5-2-1-3-6-10;/h1-8,15H,9,16H2;1H. The third-order valence-electron chi connectivity index (χ3n) is 3.13. The molecule has 20 heavy (non-hydrogen) atoms. The van der Waals surface area contributed by atoms with Crippen LogP contribution in [0.2, 0.25) is 0 Å². The first-order valence-corrected chi connectivity index (χ1v) is 6.11. The summed E-state index contributed by atoms with van der Waals surface area (Å²) >= 11 is 0. The van der Waals surface area contributed by atoms with Crippen LogP contribution in [0.5, 0.6) is 0 Å². The van der Waals surface area contributed by atoms with Gasteiger partial charge in [0.25, 0.3) is 0 Å². The molecule has 0 bridgehead atoms. The van der Waals surface area contributed by atoms with Gasteiger partial charge >= 0.3 is 0 Å². The molecular formula is C15H14BrN3O. The lowest BCUT2D eigenvalue weighted by molar-refractivity contribution is -0.119. The first kappa shape index (κ1) is 14.6. The maximum Gasteiger partial charge on any atom is 0.176 e. The molecule has 1 aliphatic rings. The van der Waals surface area contributed by atoms with E-state index >= 15 is 0 Å². The molecular weight excluding hydrogens is 318 g/mol. The summed E-state index contributed by atoms with van der Waals surface area (Å²) in [5.41, 5.74) is 9.06. The van der Waals surface area contributed by atoms with E-state index in [1.807, 2.05) is 42.5 Å². The lowest BCUT2D eigenvalue weighted by atomic mass is 10.0. The number of hydrogen-bond donors (Lipinski definition) is 1.